The highest BCUT2D eigenvalue weighted by Gasteiger charge is 2.27. The molecule has 0 aliphatic rings. The minimum absolute atomic E-state index is 0.385. The zero-order valence-corrected chi connectivity index (χ0v) is 27.3. The zero-order chi connectivity index (χ0) is 34.2. The third-order valence-corrected chi connectivity index (χ3v) is 7.68. The number of rotatable bonds is 15. The summed E-state index contributed by atoms with van der Waals surface area (Å²) in [5.41, 5.74) is 20.0. The third-order valence-electron chi connectivity index (χ3n) is 7.68. The van der Waals surface area contributed by atoms with E-state index in [4.69, 9.17) is 31.4 Å². The lowest BCUT2D eigenvalue weighted by Gasteiger charge is -2.28. The maximum absolute atomic E-state index is 12.8. The molecule has 3 aromatic carbocycles. The molecule has 4 aromatic rings. The third kappa shape index (κ3) is 11.8. The Labute approximate surface area is 276 Å². The number of esters is 2. The van der Waals surface area contributed by atoms with Gasteiger partial charge < -0.3 is 31.4 Å². The molecule has 0 radical (unpaired) electrons. The van der Waals surface area contributed by atoms with Gasteiger partial charge in [0.2, 0.25) is 5.91 Å². The minimum atomic E-state index is -0.855. The SMILES string of the molecule is COc1ccc(CCN(CCc2ccc(OC)cc2)[C@@H](C)C(=O)OC(=O)[C@H](N)CCCN)cc1.NC(=O)c1cnc2ccccc2c1. The largest absolute Gasteiger partial charge is 0.497 e. The first-order chi connectivity index (χ1) is 22.6. The molecule has 0 aliphatic heterocycles. The molecule has 0 bridgehead atoms. The van der Waals surface area contributed by atoms with E-state index in [0.717, 1.165) is 46.4 Å². The van der Waals surface area contributed by atoms with E-state index in [1.54, 1.807) is 27.2 Å². The molecule has 47 heavy (non-hydrogen) atoms. The zero-order valence-electron chi connectivity index (χ0n) is 27.3. The average Bonchev–Trinajstić information content (AvgIpc) is 3.10. The number of hydrogen-bond acceptors (Lipinski definition) is 10. The number of nitrogens with two attached hydrogens (primary N) is 3. The molecule has 1 aromatic heterocycles. The van der Waals surface area contributed by atoms with Crippen LogP contribution in [0.2, 0.25) is 0 Å². The predicted octanol–water partition coefficient (Wildman–Crippen LogP) is 3.65. The number of nitrogens with zero attached hydrogens (tertiary/aromatic N) is 2. The van der Waals surface area contributed by atoms with Gasteiger partial charge in [-0.05, 0) is 86.7 Å². The Morgan fingerprint density at radius 2 is 1.38 bits per heavy atom. The number of carbonyl (C=O) groups excluding carboxylic acids is 3. The topological polar surface area (TPSA) is 173 Å². The van der Waals surface area contributed by atoms with Crippen molar-refractivity contribution >= 4 is 28.7 Å². The lowest BCUT2D eigenvalue weighted by atomic mass is 10.1. The van der Waals surface area contributed by atoms with Crippen LogP contribution in [0.4, 0.5) is 0 Å². The van der Waals surface area contributed by atoms with Gasteiger partial charge in [0.15, 0.2) is 0 Å². The van der Waals surface area contributed by atoms with Gasteiger partial charge in [-0.15, -0.1) is 0 Å². The maximum atomic E-state index is 12.8. The van der Waals surface area contributed by atoms with Crippen LogP contribution in [0.25, 0.3) is 10.9 Å². The highest BCUT2D eigenvalue weighted by Crippen LogP contribution is 2.16. The van der Waals surface area contributed by atoms with Crippen molar-refractivity contribution in [1.29, 1.82) is 0 Å². The molecule has 0 unspecified atom stereocenters. The van der Waals surface area contributed by atoms with Crippen LogP contribution in [0.3, 0.4) is 0 Å². The van der Waals surface area contributed by atoms with E-state index in [1.807, 2.05) is 77.7 Å². The smallest absolute Gasteiger partial charge is 0.330 e. The second-order valence-corrected chi connectivity index (χ2v) is 11.0. The Bertz CT molecular complexity index is 1530. The summed E-state index contributed by atoms with van der Waals surface area (Å²) in [5.74, 6) is -0.172. The van der Waals surface area contributed by atoms with Gasteiger partial charge in [0.1, 0.15) is 23.6 Å². The molecule has 11 nitrogen and oxygen atoms in total. The Hall–Kier alpha value is -4.84. The molecule has 0 aliphatic carbocycles. The molecule has 1 heterocycles. The summed E-state index contributed by atoms with van der Waals surface area (Å²) in [6.07, 6.45) is 3.93. The Kier molecular flexibility index (Phi) is 14.8. The summed E-state index contributed by atoms with van der Waals surface area (Å²) < 4.78 is 15.5. The fourth-order valence-corrected chi connectivity index (χ4v) is 4.70. The normalized spacial score (nSPS) is 12.0. The van der Waals surface area contributed by atoms with Gasteiger partial charge >= 0.3 is 11.9 Å². The van der Waals surface area contributed by atoms with Gasteiger partial charge in [0.05, 0.1) is 25.3 Å². The Balaban J connectivity index is 0.000000380. The summed E-state index contributed by atoms with van der Waals surface area (Å²) in [6, 6.07) is 23.5. The van der Waals surface area contributed by atoms with Crippen LogP contribution in [0.5, 0.6) is 11.5 Å². The first-order valence-electron chi connectivity index (χ1n) is 15.5. The molecule has 250 valence electrons. The molecule has 0 fully saturated rings. The van der Waals surface area contributed by atoms with Crippen LogP contribution in [0, 0.1) is 0 Å². The van der Waals surface area contributed by atoms with Gasteiger partial charge in [-0.3, -0.25) is 14.7 Å². The van der Waals surface area contributed by atoms with Crippen LogP contribution < -0.4 is 26.7 Å². The number of carbonyl (C=O) groups is 3. The monoisotopic (exact) mass is 643 g/mol. The number of primary amides is 1. The molecule has 2 atom stereocenters. The summed E-state index contributed by atoms with van der Waals surface area (Å²) in [7, 11) is 3.26. The number of para-hydroxylation sites is 1. The second kappa shape index (κ2) is 19.0. The molecule has 0 saturated carbocycles. The van der Waals surface area contributed by atoms with Crippen LogP contribution >= 0.6 is 0 Å². The lowest BCUT2D eigenvalue weighted by Crippen LogP contribution is -2.45. The first kappa shape index (κ1) is 36.6. The molecule has 1 amide bonds. The number of pyridine rings is 1. The van der Waals surface area contributed by atoms with Crippen molar-refractivity contribution in [2.45, 2.75) is 44.7 Å². The molecular formula is C36H45N5O6. The molecule has 11 heteroatoms. The quantitative estimate of drug-likeness (QED) is 0.128. The van der Waals surface area contributed by atoms with E-state index in [-0.39, 0.29) is 0 Å². The van der Waals surface area contributed by atoms with E-state index in [9.17, 15) is 14.4 Å². The van der Waals surface area contributed by atoms with Gasteiger partial charge in [0, 0.05) is 24.7 Å². The minimum Gasteiger partial charge on any atom is -0.497 e. The molecule has 0 spiro atoms. The average molecular weight is 644 g/mol. The van der Waals surface area contributed by atoms with Crippen LogP contribution in [-0.2, 0) is 27.2 Å². The molecule has 0 saturated heterocycles. The number of benzene rings is 3. The first-order valence-corrected chi connectivity index (χ1v) is 15.5. The Morgan fingerprint density at radius 3 is 1.89 bits per heavy atom. The van der Waals surface area contributed by atoms with Gasteiger partial charge in [-0.1, -0.05) is 42.5 Å². The van der Waals surface area contributed by atoms with E-state index in [1.165, 1.54) is 6.20 Å². The van der Waals surface area contributed by atoms with Crippen LogP contribution in [0.1, 0.15) is 41.3 Å². The Morgan fingerprint density at radius 1 is 0.830 bits per heavy atom. The van der Waals surface area contributed by atoms with Crippen LogP contribution in [-0.4, -0.2) is 73.7 Å². The number of methoxy groups -OCH3 is 2. The van der Waals surface area contributed by atoms with Crippen molar-refractivity contribution in [2.75, 3.05) is 33.9 Å². The van der Waals surface area contributed by atoms with Crippen molar-refractivity contribution < 1.29 is 28.6 Å². The highest BCUT2D eigenvalue weighted by molar-refractivity contribution is 5.96. The number of ether oxygens (including phenoxy) is 3. The van der Waals surface area contributed by atoms with Crippen LogP contribution in [0.15, 0.2) is 85.1 Å². The van der Waals surface area contributed by atoms with E-state index < -0.39 is 29.9 Å². The van der Waals surface area contributed by atoms with Crippen molar-refractivity contribution in [3.05, 3.63) is 102 Å². The lowest BCUT2D eigenvalue weighted by molar-refractivity contribution is -0.164. The van der Waals surface area contributed by atoms with Gasteiger partial charge in [0.25, 0.3) is 0 Å². The summed E-state index contributed by atoms with van der Waals surface area (Å²) in [5, 5.41) is 0.929. The highest BCUT2D eigenvalue weighted by atomic mass is 16.6. The van der Waals surface area contributed by atoms with Crippen molar-refractivity contribution in [3.63, 3.8) is 0 Å². The van der Waals surface area contributed by atoms with Gasteiger partial charge in [-0.2, -0.15) is 0 Å². The summed E-state index contributed by atoms with van der Waals surface area (Å²) in [6.45, 7) is 3.41. The van der Waals surface area contributed by atoms with Crippen molar-refractivity contribution in [2.24, 2.45) is 17.2 Å². The van der Waals surface area contributed by atoms with E-state index >= 15 is 0 Å². The van der Waals surface area contributed by atoms with Gasteiger partial charge in [-0.25, -0.2) is 9.59 Å². The van der Waals surface area contributed by atoms with Crippen molar-refractivity contribution in [1.82, 2.24) is 9.88 Å². The van der Waals surface area contributed by atoms with E-state index in [0.29, 0.717) is 38.0 Å². The van der Waals surface area contributed by atoms with E-state index in [2.05, 4.69) is 4.98 Å². The summed E-state index contributed by atoms with van der Waals surface area (Å²) >= 11 is 0. The predicted molar refractivity (Wildman–Crippen MR) is 182 cm³/mol. The molecule has 4 rings (SSSR count). The fraction of sp³-hybridized carbons (Fsp3) is 0.333. The molecular weight excluding hydrogens is 598 g/mol. The fourth-order valence-electron chi connectivity index (χ4n) is 4.70. The number of amides is 1. The second-order valence-electron chi connectivity index (χ2n) is 11.0. The summed E-state index contributed by atoms with van der Waals surface area (Å²) in [4.78, 5) is 41.9. The number of aromatic nitrogens is 1. The number of hydrogen-bond donors (Lipinski definition) is 3. The maximum Gasteiger partial charge on any atom is 0.330 e. The standard InChI is InChI=1S/C26H37N3O5.C10H8N2O/c1-19(25(30)34-26(31)24(28)5-4-16-27)29(17-14-20-6-10-22(32-2)11-7-20)18-15-21-8-12-23(33-3)13-9-21;11-10(13)8-5-7-3-1-2-4-9(7)12-6-8/h6-13,19,24H,4-5,14-18,27-28H2,1-3H3;1-6H,(H2,11,13)/t19-,24+;/m0./s1. The number of fused-ring (bicyclic) bond motifs is 1. The van der Waals surface area contributed by atoms with Crippen molar-refractivity contribution in [3.8, 4) is 11.5 Å². The molecule has 6 N–H and O–H groups in total.